The van der Waals surface area contributed by atoms with Crippen LogP contribution in [0.4, 0.5) is 13.2 Å². The number of alkyl halides is 3. The van der Waals surface area contributed by atoms with Crippen LogP contribution in [0.15, 0.2) is 48.6 Å². The molecule has 0 spiro atoms. The molecule has 1 aromatic rings. The number of benzene rings is 1. The Kier molecular flexibility index (Phi) is 19.9. The van der Waals surface area contributed by atoms with Crippen molar-refractivity contribution in [3.05, 3.63) is 74.4 Å². The highest BCUT2D eigenvalue weighted by atomic mass is 19.4. The Morgan fingerprint density at radius 2 is 1.75 bits per heavy atom. The fourth-order valence-electron chi connectivity index (χ4n) is 5.31. The molecule has 3 N–H and O–H groups in total. The second kappa shape index (κ2) is 23.7. The fourth-order valence-corrected chi connectivity index (χ4v) is 5.31. The molecule has 308 valence electrons. The lowest BCUT2D eigenvalue weighted by molar-refractivity contribution is -0.790. The minimum Gasteiger partial charge on any atom is -0.489 e. The van der Waals surface area contributed by atoms with Gasteiger partial charge >= 0.3 is 18.1 Å². The molecule has 0 saturated heterocycles. The molecule has 1 aliphatic rings. The first-order chi connectivity index (χ1) is 25.9. The van der Waals surface area contributed by atoms with E-state index in [0.717, 1.165) is 18.2 Å². The van der Waals surface area contributed by atoms with Gasteiger partial charge in [-0.25, -0.2) is 0 Å². The predicted octanol–water partition coefficient (Wildman–Crippen LogP) is 3.29. The highest BCUT2D eigenvalue weighted by Crippen LogP contribution is 2.36. The normalized spacial score (nSPS) is 19.6. The Morgan fingerprint density at radius 3 is 2.42 bits per heavy atom. The molecular weight excluding hydrogens is 747 g/mol. The minimum atomic E-state index is -4.65. The summed E-state index contributed by atoms with van der Waals surface area (Å²) < 4.78 is 60.8. The lowest BCUT2D eigenvalue weighted by atomic mass is 9.89. The molecule has 1 aromatic carbocycles. The van der Waals surface area contributed by atoms with Gasteiger partial charge < -0.3 is 44.2 Å². The van der Waals surface area contributed by atoms with Gasteiger partial charge in [0.15, 0.2) is 12.2 Å². The third kappa shape index (κ3) is 19.2. The summed E-state index contributed by atoms with van der Waals surface area (Å²) in [5.74, 6) is -3.23. The van der Waals surface area contributed by atoms with Crippen molar-refractivity contribution in [2.45, 2.75) is 89.1 Å². The van der Waals surface area contributed by atoms with Crippen LogP contribution in [0.25, 0.3) is 0 Å². The van der Waals surface area contributed by atoms with Gasteiger partial charge in [0.05, 0.1) is 37.1 Å². The largest absolute Gasteiger partial charge is 0.489 e. The van der Waals surface area contributed by atoms with E-state index < -0.39 is 96.4 Å². The number of nitrogens with zero attached hydrogens (tertiary/aromatic N) is 2. The number of amides is 1. The zero-order valence-electron chi connectivity index (χ0n) is 30.2. The molecular formula is C34H46F3N3O15. The first-order valence-corrected chi connectivity index (χ1v) is 17.3. The number of esters is 2. The van der Waals surface area contributed by atoms with Gasteiger partial charge in [-0.2, -0.15) is 13.2 Å². The van der Waals surface area contributed by atoms with E-state index in [1.165, 1.54) is 18.2 Å². The monoisotopic (exact) mass is 793 g/mol. The first-order valence-electron chi connectivity index (χ1n) is 17.3. The second-order valence-corrected chi connectivity index (χ2v) is 12.6. The van der Waals surface area contributed by atoms with Crippen LogP contribution in [0.2, 0.25) is 0 Å². The van der Waals surface area contributed by atoms with Crippen molar-refractivity contribution in [2.24, 2.45) is 11.8 Å². The van der Waals surface area contributed by atoms with Gasteiger partial charge in [0.1, 0.15) is 25.5 Å². The van der Waals surface area contributed by atoms with Crippen LogP contribution in [0.5, 0.6) is 5.75 Å². The zero-order chi connectivity index (χ0) is 41.0. The summed E-state index contributed by atoms with van der Waals surface area (Å²) in [6.07, 6.45) is -1.36. The third-order valence-corrected chi connectivity index (χ3v) is 7.82. The van der Waals surface area contributed by atoms with Crippen molar-refractivity contribution in [2.75, 3.05) is 33.0 Å². The van der Waals surface area contributed by atoms with Crippen molar-refractivity contribution in [3.63, 3.8) is 0 Å². The maximum absolute atomic E-state index is 13.2. The molecule has 55 heavy (non-hydrogen) atoms. The van der Waals surface area contributed by atoms with Crippen LogP contribution in [0.3, 0.4) is 0 Å². The van der Waals surface area contributed by atoms with Crippen LogP contribution >= 0.6 is 0 Å². The van der Waals surface area contributed by atoms with Gasteiger partial charge in [0, 0.05) is 25.2 Å². The maximum atomic E-state index is 13.2. The van der Waals surface area contributed by atoms with E-state index in [1.54, 1.807) is 13.8 Å². The fraction of sp³-hybridized carbons (Fsp3) is 0.618. The van der Waals surface area contributed by atoms with E-state index in [1.807, 2.05) is 12.2 Å². The number of allylic oxidation sites excluding steroid dienone is 2. The van der Waals surface area contributed by atoms with Gasteiger partial charge in [-0.05, 0) is 63.3 Å². The summed E-state index contributed by atoms with van der Waals surface area (Å²) in [5, 5.41) is 42.1. The molecule has 0 bridgehead atoms. The maximum Gasteiger partial charge on any atom is 0.416 e. The highest BCUT2D eigenvalue weighted by molar-refractivity contribution is 5.82. The smallest absolute Gasteiger partial charge is 0.416 e. The number of carbonyl (C=O) groups is 3. The molecule has 0 radical (unpaired) electrons. The Labute approximate surface area is 313 Å². The van der Waals surface area contributed by atoms with Crippen molar-refractivity contribution in [3.8, 4) is 5.75 Å². The minimum absolute atomic E-state index is 0.0611. The van der Waals surface area contributed by atoms with E-state index >= 15 is 0 Å². The summed E-state index contributed by atoms with van der Waals surface area (Å²) in [7, 11) is 0. The lowest BCUT2D eigenvalue weighted by Gasteiger charge is -2.21. The van der Waals surface area contributed by atoms with Crippen molar-refractivity contribution >= 4 is 17.8 Å². The summed E-state index contributed by atoms with van der Waals surface area (Å²) in [5.41, 5.74) is -0.971. The van der Waals surface area contributed by atoms with Crippen LogP contribution in [0.1, 0.15) is 57.9 Å². The van der Waals surface area contributed by atoms with Crippen LogP contribution < -0.4 is 10.1 Å². The van der Waals surface area contributed by atoms with Crippen LogP contribution in [-0.2, 0) is 44.4 Å². The molecule has 1 unspecified atom stereocenters. The standard InChI is InChI=1S/C34H46F3N3O15/c1-22(2)53-32(44)11-6-4-3-5-10-27-28(30(42)17-29(27)41)13-12-25(20-51-24-9-7-8-23(16-24)34(35,36)37)54-33(45)18-38-31(43)14-15-50-19-26(55-40(48)49)21-52-39(46)47/h3,5,7-9,12-13,16,22,25-30,41-42H,4,6,10-11,14-15,17-21H2,1-2H3,(H,38,43)/b5-3-,13-12+/t25-,26?,27-,28-,29+,30-/m1/s1. The number of hydrogen-bond donors (Lipinski definition) is 3. The van der Waals surface area contributed by atoms with Crippen LogP contribution in [-0.4, -0.2) is 102 Å². The number of nitrogens with one attached hydrogen (secondary N) is 1. The number of rotatable bonds is 25. The average Bonchev–Trinajstić information content (AvgIpc) is 3.37. The number of aliphatic hydroxyl groups is 2. The molecule has 0 aromatic heterocycles. The molecule has 1 fully saturated rings. The van der Waals surface area contributed by atoms with E-state index in [9.17, 15) is 58.0 Å². The number of unbranched alkanes of at least 4 members (excludes halogenated alkanes) is 1. The quantitative estimate of drug-likeness (QED) is 0.0423. The Hall–Kier alpha value is -5.02. The molecule has 1 aliphatic carbocycles. The molecule has 1 amide bonds. The highest BCUT2D eigenvalue weighted by Gasteiger charge is 2.39. The summed E-state index contributed by atoms with van der Waals surface area (Å²) >= 11 is 0. The van der Waals surface area contributed by atoms with Gasteiger partial charge in [-0.3, -0.25) is 14.4 Å². The van der Waals surface area contributed by atoms with Gasteiger partial charge in [-0.1, -0.05) is 24.3 Å². The number of aliphatic hydroxyl groups excluding tert-OH is 2. The van der Waals surface area contributed by atoms with E-state index in [2.05, 4.69) is 15.0 Å². The van der Waals surface area contributed by atoms with Crippen molar-refractivity contribution in [1.29, 1.82) is 0 Å². The Morgan fingerprint density at radius 1 is 1.00 bits per heavy atom. The van der Waals surface area contributed by atoms with Gasteiger partial charge in [0.2, 0.25) is 5.91 Å². The van der Waals surface area contributed by atoms with Crippen LogP contribution in [0, 0.1) is 32.1 Å². The van der Waals surface area contributed by atoms with E-state index in [-0.39, 0.29) is 43.7 Å². The topological polar surface area (TPSA) is 245 Å². The summed E-state index contributed by atoms with van der Waals surface area (Å²) in [6, 6.07) is 4.02. The predicted molar refractivity (Wildman–Crippen MR) is 182 cm³/mol. The summed E-state index contributed by atoms with van der Waals surface area (Å²) in [6.45, 7) is 0.712. The molecule has 0 aliphatic heterocycles. The molecule has 2 rings (SSSR count). The zero-order valence-corrected chi connectivity index (χ0v) is 30.2. The summed E-state index contributed by atoms with van der Waals surface area (Å²) in [4.78, 5) is 65.8. The molecule has 1 saturated carbocycles. The number of halogens is 3. The van der Waals surface area contributed by atoms with E-state index in [0.29, 0.717) is 19.3 Å². The SMILES string of the molecule is CC(C)OC(=O)CCC/C=C\C[C@@H]1[C@@H](/C=C/[C@H](COc2cccc(C(F)(F)F)c2)OC(=O)CNC(=O)CCOCC(CO[N+](=O)[O-])O[N+](=O)[O-])[C@H](O)C[C@@H]1O. The Balaban J connectivity index is 2.02. The van der Waals surface area contributed by atoms with E-state index in [4.69, 9.17) is 18.9 Å². The van der Waals surface area contributed by atoms with Crippen molar-refractivity contribution in [1.82, 2.24) is 5.32 Å². The number of carbonyl (C=O) groups excluding carboxylic acids is 3. The van der Waals surface area contributed by atoms with Gasteiger partial charge in [-0.15, -0.1) is 20.2 Å². The lowest BCUT2D eigenvalue weighted by Crippen LogP contribution is -2.34. The average molecular weight is 794 g/mol. The molecule has 6 atom stereocenters. The Bertz CT molecular complexity index is 1460. The molecule has 21 heteroatoms. The molecule has 18 nitrogen and oxygen atoms in total. The van der Waals surface area contributed by atoms with Crippen molar-refractivity contribution < 1.29 is 76.6 Å². The van der Waals surface area contributed by atoms with Gasteiger partial charge in [0.25, 0.3) is 10.2 Å². The second-order valence-electron chi connectivity index (χ2n) is 12.6. The first kappa shape index (κ1) is 46.1. The number of hydrogen-bond acceptors (Lipinski definition) is 15. The number of ether oxygens (including phenoxy) is 4. The molecule has 0 heterocycles. The third-order valence-electron chi connectivity index (χ3n) is 7.82.